The molecule has 1 saturated carbocycles. The van der Waals surface area contributed by atoms with Crippen LogP contribution in [0, 0.1) is 5.92 Å². The van der Waals surface area contributed by atoms with Crippen molar-refractivity contribution in [1.29, 1.82) is 0 Å². The first-order valence-corrected chi connectivity index (χ1v) is 11.5. The molecule has 1 N–H and O–H groups in total. The van der Waals surface area contributed by atoms with Gasteiger partial charge in [-0.1, -0.05) is 12.8 Å². The van der Waals surface area contributed by atoms with Gasteiger partial charge < -0.3 is 5.32 Å². The fraction of sp³-hybridized carbons (Fsp3) is 0.706. The molecule has 2 atom stereocenters. The normalized spacial score (nSPS) is 25.3. The largest absolute Gasteiger partial charge is 0.391 e. The van der Waals surface area contributed by atoms with Crippen LogP contribution in [-0.2, 0) is 10.0 Å². The Labute approximate surface area is 161 Å². The first-order chi connectivity index (χ1) is 12.7. The van der Waals surface area contributed by atoms with E-state index in [1.54, 1.807) is 0 Å². The quantitative estimate of drug-likeness (QED) is 0.800. The van der Waals surface area contributed by atoms with E-state index in [1.165, 1.54) is 15.8 Å². The van der Waals surface area contributed by atoms with Crippen LogP contribution in [-0.4, -0.2) is 43.9 Å². The molecule has 0 radical (unpaired) electrons. The van der Waals surface area contributed by atoms with Crippen molar-refractivity contribution in [2.24, 2.45) is 5.92 Å². The van der Waals surface area contributed by atoms with Crippen molar-refractivity contribution in [2.45, 2.75) is 62.1 Å². The lowest BCUT2D eigenvalue weighted by atomic mass is 9.85. The van der Waals surface area contributed by atoms with Gasteiger partial charge in [-0.25, -0.2) is 8.42 Å². The molecule has 1 amide bonds. The maximum atomic E-state index is 13.0. The molecule has 1 aliphatic carbocycles. The molecule has 1 aromatic heterocycles. The average molecular weight is 425 g/mol. The molecule has 2 fully saturated rings. The van der Waals surface area contributed by atoms with E-state index >= 15 is 0 Å². The van der Waals surface area contributed by atoms with Gasteiger partial charge in [0.05, 0.1) is 5.92 Å². The van der Waals surface area contributed by atoms with Crippen LogP contribution in [0.5, 0.6) is 0 Å². The number of halogens is 3. The molecular formula is C17H23F3N2O3S2. The lowest BCUT2D eigenvalue weighted by Gasteiger charge is -2.31. The Bertz CT molecular complexity index is 771. The third-order valence-corrected chi connectivity index (χ3v) is 8.22. The Hall–Kier alpha value is -1.13. The number of sulfonamides is 1. The molecule has 0 bridgehead atoms. The lowest BCUT2D eigenvalue weighted by Crippen LogP contribution is -2.42. The van der Waals surface area contributed by atoms with E-state index in [4.69, 9.17) is 0 Å². The summed E-state index contributed by atoms with van der Waals surface area (Å²) in [4.78, 5) is 12.6. The number of carbonyl (C=O) groups is 1. The fourth-order valence-electron chi connectivity index (χ4n) is 3.78. The van der Waals surface area contributed by atoms with Crippen LogP contribution in [0.1, 0.15) is 54.6 Å². The van der Waals surface area contributed by atoms with Crippen LogP contribution >= 0.6 is 11.3 Å². The van der Waals surface area contributed by atoms with Crippen molar-refractivity contribution < 1.29 is 26.4 Å². The summed E-state index contributed by atoms with van der Waals surface area (Å²) in [5.74, 6) is -2.02. The Morgan fingerprint density at radius 1 is 1.15 bits per heavy atom. The second-order valence-electron chi connectivity index (χ2n) is 7.15. The molecular weight excluding hydrogens is 401 g/mol. The summed E-state index contributed by atoms with van der Waals surface area (Å²) in [5.41, 5.74) is 0. The van der Waals surface area contributed by atoms with E-state index in [1.807, 2.05) is 0 Å². The van der Waals surface area contributed by atoms with E-state index in [-0.39, 0.29) is 22.6 Å². The monoisotopic (exact) mass is 424 g/mol. The smallest absolute Gasteiger partial charge is 0.349 e. The standard InChI is InChI=1S/C17H23F3N2O3S2/c18-17(19,20)12-5-4-6-13(11-12)21-16(23)15-14(7-10-26-15)27(24,25)22-8-2-1-3-9-22/h7,10,12-13H,1-6,8-9,11H2,(H,21,23). The summed E-state index contributed by atoms with van der Waals surface area (Å²) in [6.45, 7) is 0.851. The highest BCUT2D eigenvalue weighted by atomic mass is 32.2. The number of hydrogen-bond acceptors (Lipinski definition) is 4. The Morgan fingerprint density at radius 2 is 1.85 bits per heavy atom. The number of piperidine rings is 1. The summed E-state index contributed by atoms with van der Waals surface area (Å²) < 4.78 is 66.0. The van der Waals surface area contributed by atoms with Gasteiger partial charge in [0.15, 0.2) is 0 Å². The summed E-state index contributed by atoms with van der Waals surface area (Å²) >= 11 is 1.00. The number of carbonyl (C=O) groups excluding carboxylic acids is 1. The molecule has 152 valence electrons. The predicted octanol–water partition coefficient (Wildman–Crippen LogP) is 3.77. The zero-order valence-electron chi connectivity index (χ0n) is 14.8. The Morgan fingerprint density at radius 3 is 2.52 bits per heavy atom. The lowest BCUT2D eigenvalue weighted by molar-refractivity contribution is -0.183. The molecule has 1 saturated heterocycles. The van der Waals surface area contributed by atoms with E-state index in [0.29, 0.717) is 25.9 Å². The van der Waals surface area contributed by atoms with Gasteiger partial charge in [0.1, 0.15) is 9.77 Å². The maximum absolute atomic E-state index is 13.0. The molecule has 2 heterocycles. The van der Waals surface area contributed by atoms with Crippen LogP contribution in [0.25, 0.3) is 0 Å². The highest BCUT2D eigenvalue weighted by molar-refractivity contribution is 7.89. The van der Waals surface area contributed by atoms with E-state index in [9.17, 15) is 26.4 Å². The number of rotatable bonds is 4. The molecule has 1 aliphatic heterocycles. The fourth-order valence-corrected chi connectivity index (χ4v) is 6.60. The predicted molar refractivity (Wildman–Crippen MR) is 96.2 cm³/mol. The minimum atomic E-state index is -4.27. The molecule has 2 unspecified atom stereocenters. The van der Waals surface area contributed by atoms with Crippen molar-refractivity contribution in [3.05, 3.63) is 16.3 Å². The number of amides is 1. The zero-order chi connectivity index (χ0) is 19.7. The van der Waals surface area contributed by atoms with E-state index in [2.05, 4.69) is 5.32 Å². The third kappa shape index (κ3) is 4.65. The highest BCUT2D eigenvalue weighted by Gasteiger charge is 2.42. The topological polar surface area (TPSA) is 66.5 Å². The molecule has 0 spiro atoms. The highest BCUT2D eigenvalue weighted by Crippen LogP contribution is 2.37. The minimum Gasteiger partial charge on any atom is -0.349 e. The van der Waals surface area contributed by atoms with Crippen LogP contribution < -0.4 is 5.32 Å². The molecule has 10 heteroatoms. The Balaban J connectivity index is 1.72. The van der Waals surface area contributed by atoms with Crippen LogP contribution in [0.4, 0.5) is 13.2 Å². The molecule has 1 aromatic rings. The van der Waals surface area contributed by atoms with Crippen LogP contribution in [0.3, 0.4) is 0 Å². The molecule has 27 heavy (non-hydrogen) atoms. The van der Waals surface area contributed by atoms with Gasteiger partial charge in [-0.15, -0.1) is 11.3 Å². The number of thiophene rings is 1. The van der Waals surface area contributed by atoms with Crippen molar-refractivity contribution in [3.63, 3.8) is 0 Å². The van der Waals surface area contributed by atoms with E-state index < -0.39 is 34.1 Å². The summed E-state index contributed by atoms with van der Waals surface area (Å²) in [7, 11) is -3.77. The number of nitrogens with zero attached hydrogens (tertiary/aromatic N) is 1. The summed E-state index contributed by atoms with van der Waals surface area (Å²) in [6.07, 6.45) is -0.952. The molecule has 5 nitrogen and oxygen atoms in total. The van der Waals surface area contributed by atoms with Crippen molar-refractivity contribution in [3.8, 4) is 0 Å². The summed E-state index contributed by atoms with van der Waals surface area (Å²) in [6, 6.07) is 0.814. The molecule has 3 rings (SSSR count). The van der Waals surface area contributed by atoms with Gasteiger partial charge in [-0.3, -0.25) is 4.79 Å². The van der Waals surface area contributed by atoms with Gasteiger partial charge in [-0.05, 0) is 43.6 Å². The zero-order valence-corrected chi connectivity index (χ0v) is 16.4. The second kappa shape index (κ2) is 8.08. The number of alkyl halides is 3. The van der Waals surface area contributed by atoms with Gasteiger partial charge >= 0.3 is 6.18 Å². The number of hydrogen-bond donors (Lipinski definition) is 1. The molecule has 0 aromatic carbocycles. The SMILES string of the molecule is O=C(NC1CCCC(C(F)(F)F)C1)c1sccc1S(=O)(=O)N1CCCCC1. The minimum absolute atomic E-state index is 0.0462. The van der Waals surface area contributed by atoms with Crippen molar-refractivity contribution in [2.75, 3.05) is 13.1 Å². The van der Waals surface area contributed by atoms with Gasteiger partial charge in [-0.2, -0.15) is 17.5 Å². The first kappa shape index (κ1) is 20.6. The number of nitrogens with one attached hydrogen (secondary N) is 1. The summed E-state index contributed by atoms with van der Waals surface area (Å²) in [5, 5.41) is 4.16. The van der Waals surface area contributed by atoms with Crippen LogP contribution in [0.15, 0.2) is 16.3 Å². The van der Waals surface area contributed by atoms with Gasteiger partial charge in [0.2, 0.25) is 10.0 Å². The van der Waals surface area contributed by atoms with Crippen LogP contribution in [0.2, 0.25) is 0 Å². The Kier molecular flexibility index (Phi) is 6.17. The van der Waals surface area contributed by atoms with Gasteiger partial charge in [0.25, 0.3) is 5.91 Å². The second-order valence-corrected chi connectivity index (χ2v) is 9.98. The maximum Gasteiger partial charge on any atom is 0.391 e. The van der Waals surface area contributed by atoms with Crippen molar-refractivity contribution >= 4 is 27.3 Å². The van der Waals surface area contributed by atoms with Crippen molar-refractivity contribution in [1.82, 2.24) is 9.62 Å². The average Bonchev–Trinajstić information content (AvgIpc) is 3.13. The third-order valence-electron chi connectivity index (χ3n) is 5.24. The van der Waals surface area contributed by atoms with E-state index in [0.717, 1.165) is 30.6 Å². The van der Waals surface area contributed by atoms with Gasteiger partial charge in [0, 0.05) is 19.1 Å². The first-order valence-electron chi connectivity index (χ1n) is 9.15. The molecule has 2 aliphatic rings.